The minimum Gasteiger partial charge on any atom is -0.478 e. The first-order chi connectivity index (χ1) is 8.99. The van der Waals surface area contributed by atoms with Crippen molar-refractivity contribution in [1.82, 2.24) is 9.55 Å². The molecule has 0 bridgehead atoms. The number of rotatable bonds is 3. The number of aromatic nitrogens is 2. The van der Waals surface area contributed by atoms with Gasteiger partial charge in [0.2, 0.25) is 0 Å². The van der Waals surface area contributed by atoms with E-state index in [4.69, 9.17) is 9.84 Å². The first kappa shape index (κ1) is 12.7. The van der Waals surface area contributed by atoms with Crippen molar-refractivity contribution in [2.45, 2.75) is 0 Å². The molecule has 1 aromatic carbocycles. The summed E-state index contributed by atoms with van der Waals surface area (Å²) in [5.74, 6) is -2.56. The fourth-order valence-electron chi connectivity index (χ4n) is 1.41. The molecule has 0 radical (unpaired) electrons. The van der Waals surface area contributed by atoms with Crippen molar-refractivity contribution in [3.63, 3.8) is 0 Å². The topological polar surface area (TPSA) is 81.4 Å². The summed E-state index contributed by atoms with van der Waals surface area (Å²) in [4.78, 5) is 26.3. The normalized spacial score (nSPS) is 10.2. The van der Waals surface area contributed by atoms with Crippen LogP contribution in [0.4, 0.5) is 4.39 Å². The fraction of sp³-hybridized carbons (Fsp3) is 0.0833. The molecule has 6 nitrogen and oxygen atoms in total. The molecule has 0 saturated carbocycles. The number of carboxylic acids is 1. The lowest BCUT2D eigenvalue weighted by Gasteiger charge is -2.08. The Morgan fingerprint density at radius 1 is 1.47 bits per heavy atom. The Morgan fingerprint density at radius 3 is 2.89 bits per heavy atom. The first-order valence-corrected chi connectivity index (χ1v) is 5.21. The van der Waals surface area contributed by atoms with Crippen molar-refractivity contribution in [2.24, 2.45) is 7.05 Å². The highest BCUT2D eigenvalue weighted by molar-refractivity contribution is 5.90. The summed E-state index contributed by atoms with van der Waals surface area (Å²) >= 11 is 0. The zero-order valence-corrected chi connectivity index (χ0v) is 9.83. The van der Waals surface area contributed by atoms with E-state index in [1.807, 2.05) is 0 Å². The Morgan fingerprint density at radius 2 is 2.21 bits per heavy atom. The van der Waals surface area contributed by atoms with Crippen molar-refractivity contribution < 1.29 is 19.0 Å². The van der Waals surface area contributed by atoms with Gasteiger partial charge in [0.05, 0.1) is 0 Å². The van der Waals surface area contributed by atoms with Gasteiger partial charge < -0.3 is 14.4 Å². The van der Waals surface area contributed by atoms with Gasteiger partial charge in [-0.3, -0.25) is 4.79 Å². The average Bonchev–Trinajstić information content (AvgIpc) is 2.35. The third kappa shape index (κ3) is 2.59. The number of ether oxygens (including phenoxy) is 1. The lowest BCUT2D eigenvalue weighted by atomic mass is 10.2. The van der Waals surface area contributed by atoms with Gasteiger partial charge in [0, 0.05) is 25.5 Å². The maximum absolute atomic E-state index is 13.1. The van der Waals surface area contributed by atoms with E-state index in [2.05, 4.69) is 4.98 Å². The molecule has 1 heterocycles. The highest BCUT2D eigenvalue weighted by atomic mass is 19.1. The number of aryl methyl sites for hydroxylation is 1. The van der Waals surface area contributed by atoms with Crippen LogP contribution in [0.1, 0.15) is 10.4 Å². The van der Waals surface area contributed by atoms with Crippen molar-refractivity contribution in [2.75, 3.05) is 0 Å². The molecule has 0 fully saturated rings. The third-order valence-corrected chi connectivity index (χ3v) is 2.37. The molecule has 1 aromatic heterocycles. The number of hydrogen-bond acceptors (Lipinski definition) is 4. The molecule has 2 aromatic rings. The Balaban J connectivity index is 2.48. The summed E-state index contributed by atoms with van der Waals surface area (Å²) in [6.07, 6.45) is 2.73. The lowest BCUT2D eigenvalue weighted by molar-refractivity contribution is 0.0694. The summed E-state index contributed by atoms with van der Waals surface area (Å²) in [5.41, 5.74) is -0.808. The summed E-state index contributed by atoms with van der Waals surface area (Å²) in [5, 5.41) is 8.95. The average molecular weight is 264 g/mol. The van der Waals surface area contributed by atoms with Crippen LogP contribution < -0.4 is 10.3 Å². The predicted molar refractivity (Wildman–Crippen MR) is 62.9 cm³/mol. The number of nitrogens with zero attached hydrogens (tertiary/aromatic N) is 2. The van der Waals surface area contributed by atoms with Gasteiger partial charge in [-0.25, -0.2) is 14.2 Å². The minimum atomic E-state index is -1.29. The van der Waals surface area contributed by atoms with Gasteiger partial charge in [0.1, 0.15) is 17.1 Å². The molecule has 7 heteroatoms. The number of aromatic carboxylic acids is 1. The quantitative estimate of drug-likeness (QED) is 0.906. The first-order valence-electron chi connectivity index (χ1n) is 5.21. The van der Waals surface area contributed by atoms with Gasteiger partial charge in [-0.05, 0) is 12.1 Å². The molecular formula is C12H9FN2O4. The highest BCUT2D eigenvalue weighted by Crippen LogP contribution is 2.23. The van der Waals surface area contributed by atoms with E-state index in [9.17, 15) is 14.0 Å². The minimum absolute atomic E-state index is 0.255. The maximum atomic E-state index is 13.1. The van der Waals surface area contributed by atoms with E-state index in [1.165, 1.54) is 24.0 Å². The van der Waals surface area contributed by atoms with Gasteiger partial charge in [-0.1, -0.05) is 0 Å². The molecule has 0 aliphatic carbocycles. The molecule has 98 valence electrons. The summed E-state index contributed by atoms with van der Waals surface area (Å²) in [6, 6.07) is 2.94. The molecule has 0 saturated heterocycles. The molecule has 0 amide bonds. The van der Waals surface area contributed by atoms with Gasteiger partial charge in [0.25, 0.3) is 5.88 Å². The second kappa shape index (κ2) is 4.89. The van der Waals surface area contributed by atoms with E-state index in [0.29, 0.717) is 0 Å². The van der Waals surface area contributed by atoms with Crippen LogP contribution in [0.2, 0.25) is 0 Å². The Kier molecular flexibility index (Phi) is 3.28. The van der Waals surface area contributed by atoms with Crippen molar-refractivity contribution in [3.8, 4) is 11.6 Å². The molecule has 0 unspecified atom stereocenters. The second-order valence-corrected chi connectivity index (χ2v) is 3.70. The molecule has 0 aliphatic rings. The second-order valence-electron chi connectivity index (χ2n) is 3.70. The summed E-state index contributed by atoms with van der Waals surface area (Å²) < 4.78 is 19.4. The van der Waals surface area contributed by atoms with E-state index in [1.54, 1.807) is 0 Å². The Labute approximate surface area is 106 Å². The van der Waals surface area contributed by atoms with Gasteiger partial charge in [0.15, 0.2) is 0 Å². The molecule has 0 atom stereocenters. The maximum Gasteiger partial charge on any atom is 0.339 e. The summed E-state index contributed by atoms with van der Waals surface area (Å²) in [7, 11) is 1.49. The number of halogens is 1. The van der Waals surface area contributed by atoms with Crippen LogP contribution in [-0.2, 0) is 7.05 Å². The zero-order chi connectivity index (χ0) is 14.0. The fourth-order valence-corrected chi connectivity index (χ4v) is 1.41. The van der Waals surface area contributed by atoms with Crippen LogP contribution in [0.5, 0.6) is 11.6 Å². The van der Waals surface area contributed by atoms with Crippen LogP contribution >= 0.6 is 0 Å². The van der Waals surface area contributed by atoms with Crippen molar-refractivity contribution in [3.05, 3.63) is 52.3 Å². The van der Waals surface area contributed by atoms with Crippen LogP contribution in [0.25, 0.3) is 0 Å². The highest BCUT2D eigenvalue weighted by Gasteiger charge is 2.15. The van der Waals surface area contributed by atoms with Crippen LogP contribution in [0, 0.1) is 5.82 Å². The smallest absolute Gasteiger partial charge is 0.339 e. The van der Waals surface area contributed by atoms with Crippen LogP contribution in [-0.4, -0.2) is 20.6 Å². The van der Waals surface area contributed by atoms with Gasteiger partial charge in [-0.15, -0.1) is 0 Å². The largest absolute Gasteiger partial charge is 0.478 e. The Bertz CT molecular complexity index is 696. The van der Waals surface area contributed by atoms with Crippen molar-refractivity contribution >= 4 is 5.97 Å². The van der Waals surface area contributed by atoms with Gasteiger partial charge in [-0.2, -0.15) is 0 Å². The third-order valence-electron chi connectivity index (χ3n) is 2.37. The standard InChI is InChI=1S/C12H9FN2O4/c1-15-5-4-14-10(11(15)16)19-9-6-7(13)2-3-8(9)12(17)18/h2-6H,1H3,(H,17,18). The molecule has 19 heavy (non-hydrogen) atoms. The molecule has 0 spiro atoms. The predicted octanol–water partition coefficient (Wildman–Crippen LogP) is 1.41. The van der Waals surface area contributed by atoms with E-state index >= 15 is 0 Å². The van der Waals surface area contributed by atoms with Crippen LogP contribution in [0.15, 0.2) is 35.4 Å². The Hall–Kier alpha value is -2.70. The molecule has 1 N–H and O–H groups in total. The number of benzene rings is 1. The molecule has 0 aliphatic heterocycles. The zero-order valence-electron chi connectivity index (χ0n) is 9.83. The van der Waals surface area contributed by atoms with E-state index < -0.39 is 17.3 Å². The summed E-state index contributed by atoms with van der Waals surface area (Å²) in [6.45, 7) is 0. The van der Waals surface area contributed by atoms with E-state index in [-0.39, 0.29) is 17.2 Å². The lowest BCUT2D eigenvalue weighted by Crippen LogP contribution is -2.18. The van der Waals surface area contributed by atoms with Crippen LogP contribution in [0.3, 0.4) is 0 Å². The van der Waals surface area contributed by atoms with E-state index in [0.717, 1.165) is 18.2 Å². The van der Waals surface area contributed by atoms with Crippen molar-refractivity contribution in [1.29, 1.82) is 0 Å². The molecule has 2 rings (SSSR count). The monoisotopic (exact) mass is 264 g/mol. The number of carboxylic acid groups (broad SMARTS) is 1. The number of hydrogen-bond donors (Lipinski definition) is 1. The van der Waals surface area contributed by atoms with Gasteiger partial charge >= 0.3 is 11.5 Å². The number of carbonyl (C=O) groups is 1. The SMILES string of the molecule is Cn1ccnc(Oc2cc(F)ccc2C(=O)O)c1=O. The molecular weight excluding hydrogens is 255 g/mol.